The number of hydrogen-bond acceptors (Lipinski definition) is 9. The van der Waals surface area contributed by atoms with Gasteiger partial charge in [-0.25, -0.2) is 19.9 Å². The van der Waals surface area contributed by atoms with E-state index in [0.717, 1.165) is 65.3 Å². The molecule has 3 N–H and O–H groups in total. The molecule has 1 saturated heterocycles. The minimum atomic E-state index is -0.0734. The molecule has 11 nitrogen and oxygen atoms in total. The first kappa shape index (κ1) is 26.8. The molecule has 5 heterocycles. The van der Waals surface area contributed by atoms with Crippen LogP contribution in [0.2, 0.25) is 0 Å². The van der Waals surface area contributed by atoms with Crippen molar-refractivity contribution in [2.24, 2.45) is 0 Å². The van der Waals surface area contributed by atoms with E-state index < -0.39 is 0 Å². The fourth-order valence-corrected chi connectivity index (χ4v) is 5.84. The van der Waals surface area contributed by atoms with Crippen LogP contribution in [0.25, 0.3) is 27.6 Å². The molecule has 0 aliphatic carbocycles. The van der Waals surface area contributed by atoms with Crippen LogP contribution in [-0.2, 0) is 16.0 Å². The average Bonchev–Trinajstić information content (AvgIpc) is 3.80. The number of anilines is 4. The van der Waals surface area contributed by atoms with E-state index in [4.69, 9.17) is 14.7 Å². The maximum absolute atomic E-state index is 12.6. The van der Waals surface area contributed by atoms with Crippen LogP contribution in [0.4, 0.5) is 23.0 Å². The molecule has 1 amide bonds. The normalized spacial score (nSPS) is 13.3. The third kappa shape index (κ3) is 5.96. The van der Waals surface area contributed by atoms with Crippen LogP contribution < -0.4 is 15.5 Å². The Balaban J connectivity index is 1.13. The minimum Gasteiger partial charge on any atom is -0.378 e. The van der Waals surface area contributed by atoms with E-state index in [-0.39, 0.29) is 5.91 Å². The Morgan fingerprint density at radius 1 is 1.02 bits per heavy atom. The van der Waals surface area contributed by atoms with Crippen molar-refractivity contribution in [2.75, 3.05) is 41.8 Å². The molecule has 1 fully saturated rings. The molecule has 43 heavy (non-hydrogen) atoms. The van der Waals surface area contributed by atoms with Crippen LogP contribution in [0.3, 0.4) is 0 Å². The van der Waals surface area contributed by atoms with Gasteiger partial charge in [-0.2, -0.15) is 0 Å². The fourth-order valence-electron chi connectivity index (χ4n) is 5.13. The number of ether oxygens (including phenoxy) is 1. The van der Waals surface area contributed by atoms with Crippen LogP contribution in [-0.4, -0.2) is 61.5 Å². The zero-order valence-corrected chi connectivity index (χ0v) is 24.1. The summed E-state index contributed by atoms with van der Waals surface area (Å²) in [5, 5.41) is 8.35. The highest BCUT2D eigenvalue weighted by molar-refractivity contribution is 7.15. The molecule has 4 aromatic heterocycles. The zero-order chi connectivity index (χ0) is 29.0. The van der Waals surface area contributed by atoms with Gasteiger partial charge in [-0.15, -0.1) is 11.3 Å². The van der Waals surface area contributed by atoms with Gasteiger partial charge in [0.15, 0.2) is 4.96 Å². The molecule has 1 aliphatic rings. The van der Waals surface area contributed by atoms with Gasteiger partial charge in [0.1, 0.15) is 5.69 Å². The summed E-state index contributed by atoms with van der Waals surface area (Å²) in [6.45, 7) is 3.29. The largest absolute Gasteiger partial charge is 0.378 e. The number of benzene rings is 2. The summed E-state index contributed by atoms with van der Waals surface area (Å²) in [5.74, 6) is 0.418. The van der Waals surface area contributed by atoms with Crippen LogP contribution in [0.15, 0.2) is 84.9 Å². The summed E-state index contributed by atoms with van der Waals surface area (Å²) in [5.41, 5.74) is 6.88. The zero-order valence-electron chi connectivity index (χ0n) is 23.2. The highest BCUT2D eigenvalue weighted by Crippen LogP contribution is 2.35. The van der Waals surface area contributed by atoms with Gasteiger partial charge in [0.25, 0.3) is 0 Å². The Morgan fingerprint density at radius 3 is 2.74 bits per heavy atom. The number of hydrogen-bond donors (Lipinski definition) is 3. The second-order valence-electron chi connectivity index (χ2n) is 10.1. The second-order valence-corrected chi connectivity index (χ2v) is 11.0. The molecule has 0 atom stereocenters. The van der Waals surface area contributed by atoms with Gasteiger partial charge in [-0.3, -0.25) is 9.20 Å². The first-order chi connectivity index (χ1) is 21.2. The number of amides is 1. The molecular weight excluding hydrogens is 562 g/mol. The molecule has 1 aliphatic heterocycles. The Kier molecular flexibility index (Phi) is 7.50. The Hall–Kier alpha value is -5.07. The summed E-state index contributed by atoms with van der Waals surface area (Å²) < 4.78 is 7.51. The summed E-state index contributed by atoms with van der Waals surface area (Å²) in [6.07, 6.45) is 8.07. The lowest BCUT2D eigenvalue weighted by Gasteiger charge is -2.28. The molecule has 0 unspecified atom stereocenters. The molecule has 216 valence electrons. The van der Waals surface area contributed by atoms with Crippen molar-refractivity contribution in [3.8, 4) is 22.6 Å². The molecule has 2 aromatic carbocycles. The van der Waals surface area contributed by atoms with Crippen molar-refractivity contribution in [1.82, 2.24) is 29.3 Å². The molecule has 0 saturated carbocycles. The number of thiazole rings is 1. The lowest BCUT2D eigenvalue weighted by atomic mass is 10.1. The topological polar surface area (TPSA) is 125 Å². The molecular formula is C31H29N9O2S. The standard InChI is InChI=1S/C31H29N9O2S/c41-27(9-6-24-19-32-20-34-24)35-23-3-1-2-21(18-23)28-29(40-14-17-43-31(40)38-28)26-10-11-33-30(37-26)36-22-4-7-25(8-5-22)39-12-15-42-16-13-39/h1-5,7-8,10-11,14,17-20H,6,9,12-13,15-16H2,(H,32,34)(H,35,41)(H,33,36,37). The number of nitrogens with zero attached hydrogens (tertiary/aromatic N) is 6. The second kappa shape index (κ2) is 12.0. The van der Waals surface area contributed by atoms with Gasteiger partial charge in [0.05, 0.1) is 36.6 Å². The highest BCUT2D eigenvalue weighted by atomic mass is 32.1. The Bertz CT molecular complexity index is 1840. The van der Waals surface area contributed by atoms with E-state index in [1.165, 1.54) is 5.69 Å². The molecule has 6 aromatic rings. The van der Waals surface area contributed by atoms with Crippen molar-refractivity contribution in [3.05, 3.63) is 90.6 Å². The lowest BCUT2D eigenvalue weighted by molar-refractivity contribution is -0.116. The average molecular weight is 592 g/mol. The number of rotatable bonds is 9. The predicted octanol–water partition coefficient (Wildman–Crippen LogP) is 5.39. The minimum absolute atomic E-state index is 0.0734. The summed E-state index contributed by atoms with van der Waals surface area (Å²) in [4.78, 5) is 37.2. The van der Waals surface area contributed by atoms with Gasteiger partial charge in [0, 0.05) is 66.1 Å². The lowest BCUT2D eigenvalue weighted by Crippen LogP contribution is -2.36. The smallest absolute Gasteiger partial charge is 0.227 e. The number of fused-ring (bicyclic) bond motifs is 1. The predicted molar refractivity (Wildman–Crippen MR) is 168 cm³/mol. The van der Waals surface area contributed by atoms with Gasteiger partial charge in [0.2, 0.25) is 11.9 Å². The Labute approximate surface area is 251 Å². The molecule has 0 spiro atoms. The summed E-state index contributed by atoms with van der Waals surface area (Å²) in [6, 6.07) is 17.9. The monoisotopic (exact) mass is 591 g/mol. The van der Waals surface area contributed by atoms with E-state index in [0.29, 0.717) is 24.5 Å². The molecule has 7 rings (SSSR count). The van der Waals surface area contributed by atoms with Crippen molar-refractivity contribution in [3.63, 3.8) is 0 Å². The van der Waals surface area contributed by atoms with Crippen molar-refractivity contribution in [1.29, 1.82) is 0 Å². The quantitative estimate of drug-likeness (QED) is 0.204. The third-order valence-electron chi connectivity index (χ3n) is 7.24. The van der Waals surface area contributed by atoms with Gasteiger partial charge < -0.3 is 25.3 Å². The number of carbonyl (C=O) groups is 1. The number of aryl methyl sites for hydroxylation is 1. The first-order valence-corrected chi connectivity index (χ1v) is 14.9. The fraction of sp³-hybridized carbons (Fsp3) is 0.194. The molecule has 0 bridgehead atoms. The van der Waals surface area contributed by atoms with E-state index in [2.05, 4.69) is 42.6 Å². The number of imidazole rings is 2. The van der Waals surface area contributed by atoms with Crippen molar-refractivity contribution >= 4 is 45.2 Å². The highest BCUT2D eigenvalue weighted by Gasteiger charge is 2.19. The molecule has 0 radical (unpaired) electrons. The van der Waals surface area contributed by atoms with Crippen LogP contribution in [0.5, 0.6) is 0 Å². The number of morpholine rings is 1. The summed E-state index contributed by atoms with van der Waals surface area (Å²) >= 11 is 1.55. The van der Waals surface area contributed by atoms with Crippen molar-refractivity contribution < 1.29 is 9.53 Å². The van der Waals surface area contributed by atoms with Crippen LogP contribution in [0, 0.1) is 0 Å². The number of aromatic amines is 1. The first-order valence-electron chi connectivity index (χ1n) is 14.1. The third-order valence-corrected chi connectivity index (χ3v) is 8.00. The van der Waals surface area contributed by atoms with E-state index >= 15 is 0 Å². The Morgan fingerprint density at radius 2 is 1.91 bits per heavy atom. The summed E-state index contributed by atoms with van der Waals surface area (Å²) in [7, 11) is 0. The van der Waals surface area contributed by atoms with Crippen LogP contribution in [0.1, 0.15) is 12.1 Å². The van der Waals surface area contributed by atoms with Gasteiger partial charge >= 0.3 is 0 Å². The maximum Gasteiger partial charge on any atom is 0.227 e. The number of H-pyrrole nitrogens is 1. The van der Waals surface area contributed by atoms with E-state index in [1.807, 2.05) is 58.4 Å². The number of nitrogens with one attached hydrogen (secondary N) is 3. The number of aromatic nitrogens is 6. The van der Waals surface area contributed by atoms with Gasteiger partial charge in [-0.1, -0.05) is 12.1 Å². The maximum atomic E-state index is 12.6. The van der Waals surface area contributed by atoms with Crippen molar-refractivity contribution in [2.45, 2.75) is 12.8 Å². The van der Waals surface area contributed by atoms with E-state index in [9.17, 15) is 4.79 Å². The van der Waals surface area contributed by atoms with Gasteiger partial charge in [-0.05, 0) is 48.9 Å². The van der Waals surface area contributed by atoms with E-state index in [1.54, 1.807) is 30.1 Å². The number of carbonyl (C=O) groups excluding carboxylic acids is 1. The molecule has 12 heteroatoms. The van der Waals surface area contributed by atoms with Crippen LogP contribution >= 0.6 is 11.3 Å². The SMILES string of the molecule is O=C(CCc1c[nH]cn1)Nc1cccc(-c2nc3sccn3c2-c2ccnc(Nc3ccc(N4CCOCC4)cc3)n2)c1.